The highest BCUT2D eigenvalue weighted by molar-refractivity contribution is 5.32. The fraction of sp³-hybridized carbons (Fsp3) is 0.333. The monoisotopic (exact) mass is 269 g/mol. The van der Waals surface area contributed by atoms with Crippen LogP contribution in [0, 0.1) is 6.92 Å². The highest BCUT2D eigenvalue weighted by Gasteiger charge is 2.12. The van der Waals surface area contributed by atoms with Crippen molar-refractivity contribution in [2.45, 2.75) is 32.9 Å². The van der Waals surface area contributed by atoms with Gasteiger partial charge in [0.05, 0.1) is 7.11 Å². The van der Waals surface area contributed by atoms with E-state index in [0.717, 1.165) is 5.75 Å². The van der Waals surface area contributed by atoms with Crippen molar-refractivity contribution < 1.29 is 4.74 Å². The number of hydrogen-bond donors (Lipinski definition) is 1. The minimum Gasteiger partial charge on any atom is -0.497 e. The van der Waals surface area contributed by atoms with E-state index in [-0.39, 0.29) is 6.04 Å². The lowest BCUT2D eigenvalue weighted by Gasteiger charge is -2.22. The van der Waals surface area contributed by atoms with Crippen molar-refractivity contribution >= 4 is 0 Å². The van der Waals surface area contributed by atoms with Gasteiger partial charge < -0.3 is 10.1 Å². The Morgan fingerprint density at radius 2 is 1.70 bits per heavy atom. The second kappa shape index (κ2) is 6.58. The fourth-order valence-electron chi connectivity index (χ4n) is 2.54. The largest absolute Gasteiger partial charge is 0.497 e. The number of ether oxygens (including phenoxy) is 1. The molecule has 0 amide bonds. The predicted octanol–water partition coefficient (Wildman–Crippen LogP) is 4.42. The summed E-state index contributed by atoms with van der Waals surface area (Å²) in [5.41, 5.74) is 3.91. The highest BCUT2D eigenvalue weighted by atomic mass is 16.5. The summed E-state index contributed by atoms with van der Waals surface area (Å²) in [6, 6.07) is 17.3. The number of rotatable bonds is 5. The van der Waals surface area contributed by atoms with Crippen LogP contribution >= 0.6 is 0 Å². The molecular formula is C18H23NO. The van der Waals surface area contributed by atoms with Gasteiger partial charge in [-0.25, -0.2) is 0 Å². The van der Waals surface area contributed by atoms with Gasteiger partial charge in [0, 0.05) is 12.1 Å². The van der Waals surface area contributed by atoms with Crippen LogP contribution in [-0.2, 0) is 0 Å². The molecule has 2 atom stereocenters. The summed E-state index contributed by atoms with van der Waals surface area (Å²) in [6.45, 7) is 6.55. The molecule has 0 saturated carbocycles. The topological polar surface area (TPSA) is 21.3 Å². The lowest BCUT2D eigenvalue weighted by atomic mass is 10.0. The van der Waals surface area contributed by atoms with E-state index in [1.807, 2.05) is 12.1 Å². The third-order valence-electron chi connectivity index (χ3n) is 3.75. The molecule has 20 heavy (non-hydrogen) atoms. The first-order chi connectivity index (χ1) is 9.61. The second-order valence-electron chi connectivity index (χ2n) is 5.24. The van der Waals surface area contributed by atoms with Crippen LogP contribution in [0.3, 0.4) is 0 Å². The molecule has 106 valence electrons. The first-order valence-electron chi connectivity index (χ1n) is 7.07. The summed E-state index contributed by atoms with van der Waals surface area (Å²) >= 11 is 0. The Labute approximate surface area is 121 Å². The predicted molar refractivity (Wildman–Crippen MR) is 84.1 cm³/mol. The van der Waals surface area contributed by atoms with E-state index in [9.17, 15) is 0 Å². The molecule has 2 aromatic rings. The molecule has 0 bridgehead atoms. The molecule has 2 rings (SSSR count). The van der Waals surface area contributed by atoms with E-state index in [1.54, 1.807) is 7.11 Å². The van der Waals surface area contributed by atoms with Gasteiger partial charge in [-0.05, 0) is 49.6 Å². The molecule has 0 spiro atoms. The zero-order chi connectivity index (χ0) is 14.5. The highest BCUT2D eigenvalue weighted by Crippen LogP contribution is 2.23. The number of aryl methyl sites for hydroxylation is 1. The second-order valence-corrected chi connectivity index (χ2v) is 5.24. The van der Waals surface area contributed by atoms with Crippen molar-refractivity contribution in [2.24, 2.45) is 0 Å². The van der Waals surface area contributed by atoms with Crippen LogP contribution < -0.4 is 10.1 Å². The number of benzene rings is 2. The Morgan fingerprint density at radius 1 is 0.950 bits per heavy atom. The van der Waals surface area contributed by atoms with Gasteiger partial charge in [-0.3, -0.25) is 0 Å². The third kappa shape index (κ3) is 3.40. The third-order valence-corrected chi connectivity index (χ3v) is 3.75. The lowest BCUT2D eigenvalue weighted by Crippen LogP contribution is -2.23. The SMILES string of the molecule is COc1cccc(C(C)NC(C)c2ccccc2C)c1. The van der Waals surface area contributed by atoms with Crippen LogP contribution in [-0.4, -0.2) is 7.11 Å². The fourth-order valence-corrected chi connectivity index (χ4v) is 2.54. The molecule has 0 aliphatic rings. The molecule has 0 saturated heterocycles. The van der Waals surface area contributed by atoms with E-state index in [1.165, 1.54) is 16.7 Å². The van der Waals surface area contributed by atoms with Crippen LogP contribution in [0.25, 0.3) is 0 Å². The standard InChI is InChI=1S/C18H23NO/c1-13-8-5-6-11-18(13)15(3)19-14(2)16-9-7-10-17(12-16)20-4/h5-12,14-15,19H,1-4H3. The molecule has 0 aromatic heterocycles. The Bertz CT molecular complexity index is 565. The van der Waals surface area contributed by atoms with E-state index in [0.29, 0.717) is 6.04 Å². The molecular weight excluding hydrogens is 246 g/mol. The van der Waals surface area contributed by atoms with Gasteiger partial charge in [-0.2, -0.15) is 0 Å². The van der Waals surface area contributed by atoms with E-state index in [2.05, 4.69) is 62.5 Å². The number of hydrogen-bond acceptors (Lipinski definition) is 2. The van der Waals surface area contributed by atoms with Crippen molar-refractivity contribution in [3.8, 4) is 5.75 Å². The average molecular weight is 269 g/mol. The van der Waals surface area contributed by atoms with Crippen LogP contribution in [0.2, 0.25) is 0 Å². The minimum atomic E-state index is 0.278. The molecule has 0 aliphatic heterocycles. The van der Waals surface area contributed by atoms with Gasteiger partial charge in [0.15, 0.2) is 0 Å². The Balaban J connectivity index is 2.11. The first kappa shape index (κ1) is 14.6. The van der Waals surface area contributed by atoms with Gasteiger partial charge in [-0.1, -0.05) is 36.4 Å². The van der Waals surface area contributed by atoms with Crippen molar-refractivity contribution in [1.29, 1.82) is 0 Å². The van der Waals surface area contributed by atoms with Gasteiger partial charge in [0.2, 0.25) is 0 Å². The van der Waals surface area contributed by atoms with E-state index in [4.69, 9.17) is 4.74 Å². The van der Waals surface area contributed by atoms with Gasteiger partial charge in [0.1, 0.15) is 5.75 Å². The summed E-state index contributed by atoms with van der Waals surface area (Å²) in [7, 11) is 1.70. The van der Waals surface area contributed by atoms with E-state index >= 15 is 0 Å². The molecule has 2 nitrogen and oxygen atoms in total. The molecule has 2 aromatic carbocycles. The van der Waals surface area contributed by atoms with Crippen molar-refractivity contribution in [3.05, 3.63) is 65.2 Å². The maximum absolute atomic E-state index is 5.29. The maximum atomic E-state index is 5.29. The Kier molecular flexibility index (Phi) is 4.80. The summed E-state index contributed by atoms with van der Waals surface area (Å²) in [6.07, 6.45) is 0. The van der Waals surface area contributed by atoms with Gasteiger partial charge in [0.25, 0.3) is 0 Å². The van der Waals surface area contributed by atoms with Crippen LogP contribution in [0.5, 0.6) is 5.75 Å². The first-order valence-corrected chi connectivity index (χ1v) is 7.07. The van der Waals surface area contributed by atoms with Gasteiger partial charge in [-0.15, -0.1) is 0 Å². The lowest BCUT2D eigenvalue weighted by molar-refractivity contribution is 0.412. The summed E-state index contributed by atoms with van der Waals surface area (Å²) in [5.74, 6) is 0.902. The molecule has 1 N–H and O–H groups in total. The van der Waals surface area contributed by atoms with Crippen molar-refractivity contribution in [3.63, 3.8) is 0 Å². The summed E-state index contributed by atoms with van der Waals surface area (Å²) in [5, 5.41) is 3.65. The minimum absolute atomic E-state index is 0.278. The smallest absolute Gasteiger partial charge is 0.119 e. The van der Waals surface area contributed by atoms with Crippen molar-refractivity contribution in [2.75, 3.05) is 7.11 Å². The van der Waals surface area contributed by atoms with Crippen LogP contribution in [0.1, 0.15) is 42.6 Å². The average Bonchev–Trinajstić information content (AvgIpc) is 2.47. The zero-order valence-corrected chi connectivity index (χ0v) is 12.7. The normalized spacial score (nSPS) is 13.8. The zero-order valence-electron chi connectivity index (χ0n) is 12.7. The molecule has 0 fully saturated rings. The summed E-state index contributed by atoms with van der Waals surface area (Å²) < 4.78 is 5.29. The Morgan fingerprint density at radius 3 is 2.40 bits per heavy atom. The molecule has 2 unspecified atom stereocenters. The number of nitrogens with one attached hydrogen (secondary N) is 1. The number of methoxy groups -OCH3 is 1. The van der Waals surface area contributed by atoms with E-state index < -0.39 is 0 Å². The molecule has 0 heterocycles. The molecule has 0 aliphatic carbocycles. The van der Waals surface area contributed by atoms with Crippen LogP contribution in [0.4, 0.5) is 0 Å². The summed E-state index contributed by atoms with van der Waals surface area (Å²) in [4.78, 5) is 0. The maximum Gasteiger partial charge on any atom is 0.119 e. The molecule has 2 heteroatoms. The van der Waals surface area contributed by atoms with Crippen molar-refractivity contribution in [1.82, 2.24) is 5.32 Å². The molecule has 0 radical (unpaired) electrons. The van der Waals surface area contributed by atoms with Crippen LogP contribution in [0.15, 0.2) is 48.5 Å². The van der Waals surface area contributed by atoms with Gasteiger partial charge >= 0.3 is 0 Å². The Hall–Kier alpha value is -1.80. The quantitative estimate of drug-likeness (QED) is 0.867.